The van der Waals surface area contributed by atoms with Gasteiger partial charge in [0.05, 0.1) is 6.42 Å². The highest BCUT2D eigenvalue weighted by Crippen LogP contribution is 2.20. The third-order valence-electron chi connectivity index (χ3n) is 3.06. The number of aryl methyl sites for hydroxylation is 1. The fourth-order valence-corrected chi connectivity index (χ4v) is 1.97. The highest BCUT2D eigenvalue weighted by molar-refractivity contribution is 5.58. The van der Waals surface area contributed by atoms with Crippen molar-refractivity contribution in [3.63, 3.8) is 0 Å². The van der Waals surface area contributed by atoms with E-state index in [1.54, 1.807) is 12.4 Å². The summed E-state index contributed by atoms with van der Waals surface area (Å²) in [4.78, 5) is 8.48. The molecule has 5 heteroatoms. The lowest BCUT2D eigenvalue weighted by Gasteiger charge is -1.98. The van der Waals surface area contributed by atoms with Crippen molar-refractivity contribution in [3.05, 3.63) is 59.7 Å². The van der Waals surface area contributed by atoms with E-state index in [0.717, 1.165) is 22.4 Å². The number of pyridine rings is 1. The van der Waals surface area contributed by atoms with Gasteiger partial charge in [-0.1, -0.05) is 17.3 Å². The predicted molar refractivity (Wildman–Crippen MR) is 75.9 cm³/mol. The summed E-state index contributed by atoms with van der Waals surface area (Å²) < 4.78 is 5.30. The molecule has 0 saturated heterocycles. The van der Waals surface area contributed by atoms with Gasteiger partial charge in [-0.2, -0.15) is 4.98 Å². The predicted octanol–water partition coefficient (Wildman–Crippen LogP) is 2.61. The first-order valence-corrected chi connectivity index (χ1v) is 6.30. The van der Waals surface area contributed by atoms with Gasteiger partial charge in [0.2, 0.25) is 11.7 Å². The molecule has 0 aliphatic rings. The Hall–Kier alpha value is -2.69. The number of nitrogen functional groups attached to an aromatic ring is 1. The van der Waals surface area contributed by atoms with Crippen LogP contribution in [0.5, 0.6) is 0 Å². The Labute approximate surface area is 116 Å². The second-order valence-electron chi connectivity index (χ2n) is 4.62. The number of benzene rings is 1. The topological polar surface area (TPSA) is 77.8 Å². The van der Waals surface area contributed by atoms with Gasteiger partial charge >= 0.3 is 0 Å². The number of nitrogens with zero attached hydrogens (tertiary/aromatic N) is 3. The summed E-state index contributed by atoms with van der Waals surface area (Å²) >= 11 is 0. The number of rotatable bonds is 3. The molecule has 0 fully saturated rings. The Balaban J connectivity index is 1.84. The Kier molecular flexibility index (Phi) is 3.16. The molecule has 3 aromatic rings. The number of nitrogens with two attached hydrogens (primary N) is 1. The van der Waals surface area contributed by atoms with E-state index in [-0.39, 0.29) is 0 Å². The second kappa shape index (κ2) is 5.13. The first-order valence-electron chi connectivity index (χ1n) is 6.30. The molecule has 0 amide bonds. The molecule has 2 aromatic heterocycles. The number of anilines is 1. The van der Waals surface area contributed by atoms with E-state index in [4.69, 9.17) is 10.3 Å². The maximum absolute atomic E-state index is 5.66. The lowest BCUT2D eigenvalue weighted by Crippen LogP contribution is -1.91. The van der Waals surface area contributed by atoms with Crippen LogP contribution in [0.15, 0.2) is 47.2 Å². The summed E-state index contributed by atoms with van der Waals surface area (Å²) in [5.74, 6) is 1.18. The highest BCUT2D eigenvalue weighted by Gasteiger charge is 2.11. The molecule has 0 saturated carbocycles. The largest absolute Gasteiger partial charge is 0.399 e. The quantitative estimate of drug-likeness (QED) is 0.737. The maximum atomic E-state index is 5.66. The minimum Gasteiger partial charge on any atom is -0.399 e. The van der Waals surface area contributed by atoms with Gasteiger partial charge in [0, 0.05) is 23.6 Å². The van der Waals surface area contributed by atoms with Crippen LogP contribution in [0.3, 0.4) is 0 Å². The molecule has 0 aliphatic heterocycles. The van der Waals surface area contributed by atoms with Crippen molar-refractivity contribution < 1.29 is 4.52 Å². The standard InChI is InChI=1S/C15H14N4O/c1-10-9-17-7-6-13(10)15-18-14(20-19-15)8-11-2-4-12(16)5-3-11/h2-7,9H,8,16H2,1H3. The van der Waals surface area contributed by atoms with E-state index in [0.29, 0.717) is 18.1 Å². The molecule has 0 radical (unpaired) electrons. The van der Waals surface area contributed by atoms with Crippen LogP contribution in [0, 0.1) is 6.92 Å². The zero-order chi connectivity index (χ0) is 13.9. The summed E-state index contributed by atoms with van der Waals surface area (Å²) in [5.41, 5.74) is 9.44. The zero-order valence-corrected chi connectivity index (χ0v) is 11.1. The van der Waals surface area contributed by atoms with E-state index in [9.17, 15) is 0 Å². The van der Waals surface area contributed by atoms with Gasteiger partial charge in [0.15, 0.2) is 0 Å². The summed E-state index contributed by atoms with van der Waals surface area (Å²) in [5, 5.41) is 4.02. The molecule has 0 bridgehead atoms. The fraction of sp³-hybridized carbons (Fsp3) is 0.133. The Morgan fingerprint density at radius 2 is 1.95 bits per heavy atom. The van der Waals surface area contributed by atoms with Crippen LogP contribution in [0.25, 0.3) is 11.4 Å². The minimum atomic E-state index is 0.584. The van der Waals surface area contributed by atoms with Crippen molar-refractivity contribution in [1.29, 1.82) is 0 Å². The smallest absolute Gasteiger partial charge is 0.231 e. The summed E-state index contributed by atoms with van der Waals surface area (Å²) in [6.45, 7) is 1.97. The first-order chi connectivity index (χ1) is 9.72. The van der Waals surface area contributed by atoms with Crippen molar-refractivity contribution in [1.82, 2.24) is 15.1 Å². The number of hydrogen-bond donors (Lipinski definition) is 1. The average molecular weight is 266 g/mol. The van der Waals surface area contributed by atoms with Gasteiger partial charge in [-0.3, -0.25) is 4.98 Å². The van der Waals surface area contributed by atoms with Crippen molar-refractivity contribution in [2.45, 2.75) is 13.3 Å². The van der Waals surface area contributed by atoms with E-state index >= 15 is 0 Å². The van der Waals surface area contributed by atoms with Crippen molar-refractivity contribution in [2.75, 3.05) is 5.73 Å². The molecule has 0 unspecified atom stereocenters. The molecule has 100 valence electrons. The average Bonchev–Trinajstić information content (AvgIpc) is 2.90. The number of hydrogen-bond acceptors (Lipinski definition) is 5. The third kappa shape index (κ3) is 2.51. The molecular formula is C15H14N4O. The van der Waals surface area contributed by atoms with E-state index in [1.165, 1.54) is 0 Å². The van der Waals surface area contributed by atoms with Crippen LogP contribution >= 0.6 is 0 Å². The van der Waals surface area contributed by atoms with Crippen LogP contribution in [-0.2, 0) is 6.42 Å². The first kappa shape index (κ1) is 12.3. The van der Waals surface area contributed by atoms with E-state index in [2.05, 4.69) is 15.1 Å². The van der Waals surface area contributed by atoms with Crippen LogP contribution < -0.4 is 5.73 Å². The molecule has 0 aliphatic carbocycles. The third-order valence-corrected chi connectivity index (χ3v) is 3.06. The van der Waals surface area contributed by atoms with Gasteiger partial charge in [-0.25, -0.2) is 0 Å². The lowest BCUT2D eigenvalue weighted by molar-refractivity contribution is 0.385. The Morgan fingerprint density at radius 3 is 2.70 bits per heavy atom. The molecular weight excluding hydrogens is 252 g/mol. The maximum Gasteiger partial charge on any atom is 0.231 e. The highest BCUT2D eigenvalue weighted by atomic mass is 16.5. The molecule has 2 N–H and O–H groups in total. The SMILES string of the molecule is Cc1cnccc1-c1noc(Cc2ccc(N)cc2)n1. The van der Waals surface area contributed by atoms with Crippen molar-refractivity contribution in [3.8, 4) is 11.4 Å². The molecule has 20 heavy (non-hydrogen) atoms. The molecule has 1 aromatic carbocycles. The fourth-order valence-electron chi connectivity index (χ4n) is 1.97. The van der Waals surface area contributed by atoms with Gasteiger partial charge in [0.25, 0.3) is 0 Å². The molecule has 2 heterocycles. The Bertz CT molecular complexity index is 719. The molecule has 3 rings (SSSR count). The summed E-state index contributed by atoms with van der Waals surface area (Å²) in [6, 6.07) is 9.51. The number of aromatic nitrogens is 3. The molecule has 0 atom stereocenters. The zero-order valence-electron chi connectivity index (χ0n) is 11.1. The lowest BCUT2D eigenvalue weighted by atomic mass is 10.1. The van der Waals surface area contributed by atoms with E-state index in [1.807, 2.05) is 37.3 Å². The normalized spacial score (nSPS) is 10.7. The van der Waals surface area contributed by atoms with Gasteiger partial charge in [0.1, 0.15) is 0 Å². The Morgan fingerprint density at radius 1 is 1.15 bits per heavy atom. The minimum absolute atomic E-state index is 0.584. The van der Waals surface area contributed by atoms with Gasteiger partial charge < -0.3 is 10.3 Å². The van der Waals surface area contributed by atoms with Gasteiger partial charge in [-0.15, -0.1) is 0 Å². The van der Waals surface area contributed by atoms with Crippen LogP contribution in [0.4, 0.5) is 5.69 Å². The monoisotopic (exact) mass is 266 g/mol. The summed E-state index contributed by atoms with van der Waals surface area (Å²) in [7, 11) is 0. The molecule has 0 spiro atoms. The van der Waals surface area contributed by atoms with Crippen LogP contribution in [0.2, 0.25) is 0 Å². The van der Waals surface area contributed by atoms with Crippen LogP contribution in [-0.4, -0.2) is 15.1 Å². The van der Waals surface area contributed by atoms with Crippen molar-refractivity contribution in [2.24, 2.45) is 0 Å². The second-order valence-corrected chi connectivity index (χ2v) is 4.62. The van der Waals surface area contributed by atoms with Crippen LogP contribution in [0.1, 0.15) is 17.0 Å². The molecule has 5 nitrogen and oxygen atoms in total. The van der Waals surface area contributed by atoms with Gasteiger partial charge in [-0.05, 0) is 36.2 Å². The van der Waals surface area contributed by atoms with E-state index < -0.39 is 0 Å². The summed E-state index contributed by atoms with van der Waals surface area (Å²) in [6.07, 6.45) is 4.10. The van der Waals surface area contributed by atoms with Crippen molar-refractivity contribution >= 4 is 5.69 Å².